The Kier molecular flexibility index (Phi) is 2.10. The summed E-state index contributed by atoms with van der Waals surface area (Å²) >= 11 is 0. The Bertz CT molecular complexity index is 922. The first-order valence-electron chi connectivity index (χ1n) is 6.51. The smallest absolute Gasteiger partial charge is 0.0788 e. The zero-order valence-corrected chi connectivity index (χ0v) is 10.7. The third kappa shape index (κ3) is 1.52. The molecule has 0 unspecified atom stereocenters. The van der Waals surface area contributed by atoms with Crippen LogP contribution in [0.2, 0.25) is 0 Å². The number of hydrogen-bond donors (Lipinski definition) is 0. The maximum absolute atomic E-state index is 4.85. The predicted molar refractivity (Wildman–Crippen MR) is 81.5 cm³/mol. The number of aromatic nitrogens is 1. The van der Waals surface area contributed by atoms with Gasteiger partial charge < -0.3 is 0 Å². The zero-order valence-electron chi connectivity index (χ0n) is 10.7. The van der Waals surface area contributed by atoms with Crippen LogP contribution >= 0.6 is 0 Å². The van der Waals surface area contributed by atoms with Crippen LogP contribution in [0.25, 0.3) is 32.6 Å². The summed E-state index contributed by atoms with van der Waals surface area (Å²) in [5.74, 6) is 0. The van der Waals surface area contributed by atoms with E-state index in [0.29, 0.717) is 0 Å². The average molecular weight is 243 g/mol. The third-order valence-electron chi connectivity index (χ3n) is 3.76. The van der Waals surface area contributed by atoms with E-state index in [1.807, 2.05) is 6.07 Å². The molecule has 0 aliphatic rings. The Morgan fingerprint density at radius 2 is 1.63 bits per heavy atom. The number of para-hydroxylation sites is 1. The molecule has 1 nitrogen and oxygen atoms in total. The fraction of sp³-hybridized carbons (Fsp3) is 0.0556. The van der Waals surface area contributed by atoms with Crippen LogP contribution in [-0.2, 0) is 0 Å². The lowest BCUT2D eigenvalue weighted by atomic mass is 10.0. The highest BCUT2D eigenvalue weighted by molar-refractivity contribution is 6.09. The molecule has 0 radical (unpaired) electrons. The molecule has 0 bridgehead atoms. The number of fused-ring (bicyclic) bond motifs is 4. The lowest BCUT2D eigenvalue weighted by Gasteiger charge is -2.07. The molecular weight excluding hydrogens is 230 g/mol. The number of nitrogens with zero attached hydrogens (tertiary/aromatic N) is 1. The Morgan fingerprint density at radius 1 is 0.737 bits per heavy atom. The largest absolute Gasteiger partial charge is 0.247 e. The van der Waals surface area contributed by atoms with Crippen LogP contribution in [0.4, 0.5) is 0 Å². The van der Waals surface area contributed by atoms with E-state index in [2.05, 4.69) is 61.5 Å². The van der Waals surface area contributed by atoms with Gasteiger partial charge in [0.2, 0.25) is 0 Å². The van der Waals surface area contributed by atoms with E-state index in [4.69, 9.17) is 4.98 Å². The molecule has 90 valence electrons. The number of hydrogen-bond acceptors (Lipinski definition) is 1. The van der Waals surface area contributed by atoms with E-state index in [9.17, 15) is 0 Å². The molecule has 19 heavy (non-hydrogen) atoms. The van der Waals surface area contributed by atoms with Crippen molar-refractivity contribution in [2.75, 3.05) is 0 Å². The van der Waals surface area contributed by atoms with Gasteiger partial charge in [0.25, 0.3) is 0 Å². The average Bonchev–Trinajstić information content (AvgIpc) is 2.45. The highest BCUT2D eigenvalue weighted by Gasteiger charge is 2.05. The minimum atomic E-state index is 1.06. The van der Waals surface area contributed by atoms with Gasteiger partial charge in [-0.25, -0.2) is 4.98 Å². The van der Waals surface area contributed by atoms with Crippen LogP contribution in [0.1, 0.15) is 5.56 Å². The number of benzene rings is 3. The van der Waals surface area contributed by atoms with E-state index >= 15 is 0 Å². The van der Waals surface area contributed by atoms with Gasteiger partial charge in [-0.1, -0.05) is 48.5 Å². The van der Waals surface area contributed by atoms with Crippen LogP contribution in [0.5, 0.6) is 0 Å². The second-order valence-electron chi connectivity index (χ2n) is 4.99. The molecule has 0 atom stereocenters. The molecule has 4 aromatic rings. The van der Waals surface area contributed by atoms with Crippen LogP contribution in [-0.4, -0.2) is 4.98 Å². The Labute approximate surface area is 111 Å². The molecule has 0 fully saturated rings. The van der Waals surface area contributed by atoms with Crippen molar-refractivity contribution in [2.24, 2.45) is 0 Å². The van der Waals surface area contributed by atoms with Gasteiger partial charge in [-0.05, 0) is 30.0 Å². The third-order valence-corrected chi connectivity index (χ3v) is 3.76. The Balaban J connectivity index is 2.26. The zero-order chi connectivity index (χ0) is 12.8. The summed E-state index contributed by atoms with van der Waals surface area (Å²) < 4.78 is 0. The Morgan fingerprint density at radius 3 is 2.58 bits per heavy atom. The highest BCUT2D eigenvalue weighted by Crippen LogP contribution is 2.28. The lowest BCUT2D eigenvalue weighted by molar-refractivity contribution is 1.50. The minimum Gasteiger partial charge on any atom is -0.247 e. The van der Waals surface area contributed by atoms with Crippen molar-refractivity contribution in [3.05, 3.63) is 66.2 Å². The summed E-state index contributed by atoms with van der Waals surface area (Å²) in [6, 6.07) is 21.3. The number of pyridine rings is 1. The van der Waals surface area contributed by atoms with E-state index in [-0.39, 0.29) is 0 Å². The van der Waals surface area contributed by atoms with Crippen molar-refractivity contribution >= 4 is 32.6 Å². The van der Waals surface area contributed by atoms with Gasteiger partial charge in [-0.15, -0.1) is 0 Å². The lowest BCUT2D eigenvalue weighted by Crippen LogP contribution is -1.85. The van der Waals surface area contributed by atoms with Crippen molar-refractivity contribution < 1.29 is 0 Å². The van der Waals surface area contributed by atoms with Crippen LogP contribution < -0.4 is 0 Å². The fourth-order valence-corrected chi connectivity index (χ4v) is 2.76. The Hall–Kier alpha value is -2.41. The van der Waals surface area contributed by atoms with Gasteiger partial charge in [0.05, 0.1) is 11.0 Å². The minimum absolute atomic E-state index is 1.06. The van der Waals surface area contributed by atoms with Crippen LogP contribution in [0.3, 0.4) is 0 Å². The molecule has 0 aliphatic carbocycles. The second kappa shape index (κ2) is 3.79. The van der Waals surface area contributed by atoms with Gasteiger partial charge in [0.1, 0.15) is 0 Å². The van der Waals surface area contributed by atoms with Crippen molar-refractivity contribution in [2.45, 2.75) is 6.92 Å². The quantitative estimate of drug-likeness (QED) is 0.318. The van der Waals surface area contributed by atoms with E-state index in [1.54, 1.807) is 0 Å². The van der Waals surface area contributed by atoms with Gasteiger partial charge in [-0.3, -0.25) is 0 Å². The molecule has 1 heteroatoms. The van der Waals surface area contributed by atoms with Crippen molar-refractivity contribution in [1.82, 2.24) is 4.98 Å². The first kappa shape index (κ1) is 10.5. The molecule has 0 saturated heterocycles. The summed E-state index contributed by atoms with van der Waals surface area (Å²) in [6.07, 6.45) is 0. The highest BCUT2D eigenvalue weighted by atomic mass is 14.7. The molecular formula is C18H13N. The van der Waals surface area contributed by atoms with Crippen LogP contribution in [0.15, 0.2) is 60.7 Å². The SMILES string of the molecule is Cc1cccc2c1ccc1cc3ccccc3nc12. The van der Waals surface area contributed by atoms with E-state index in [0.717, 1.165) is 11.0 Å². The molecule has 0 aliphatic heterocycles. The molecule has 0 amide bonds. The molecule has 3 aromatic carbocycles. The molecule has 4 rings (SSSR count). The molecule has 1 heterocycles. The summed E-state index contributed by atoms with van der Waals surface area (Å²) in [5.41, 5.74) is 3.46. The van der Waals surface area contributed by atoms with Crippen LogP contribution in [0, 0.1) is 6.92 Å². The molecule has 1 aromatic heterocycles. The number of aryl methyl sites for hydroxylation is 1. The standard InChI is InChI=1S/C18H13N/c1-12-5-4-7-16-15(12)10-9-14-11-13-6-2-3-8-17(13)19-18(14)16/h2-11H,1H3. The molecule has 0 saturated carbocycles. The molecule has 0 spiro atoms. The fourth-order valence-electron chi connectivity index (χ4n) is 2.76. The molecule has 0 N–H and O–H groups in total. The van der Waals surface area contributed by atoms with Gasteiger partial charge in [0, 0.05) is 16.2 Å². The first-order valence-corrected chi connectivity index (χ1v) is 6.51. The first-order chi connectivity index (χ1) is 9.33. The van der Waals surface area contributed by atoms with Gasteiger partial charge in [0.15, 0.2) is 0 Å². The topological polar surface area (TPSA) is 12.9 Å². The van der Waals surface area contributed by atoms with Crippen molar-refractivity contribution in [3.63, 3.8) is 0 Å². The van der Waals surface area contributed by atoms with E-state index in [1.165, 1.54) is 27.1 Å². The summed E-state index contributed by atoms with van der Waals surface area (Å²) in [4.78, 5) is 4.85. The summed E-state index contributed by atoms with van der Waals surface area (Å²) in [7, 11) is 0. The number of rotatable bonds is 0. The normalized spacial score (nSPS) is 11.4. The van der Waals surface area contributed by atoms with E-state index < -0.39 is 0 Å². The van der Waals surface area contributed by atoms with Crippen molar-refractivity contribution in [3.8, 4) is 0 Å². The second-order valence-corrected chi connectivity index (χ2v) is 4.99. The maximum atomic E-state index is 4.85. The maximum Gasteiger partial charge on any atom is 0.0788 e. The monoisotopic (exact) mass is 243 g/mol. The van der Waals surface area contributed by atoms with Crippen molar-refractivity contribution in [1.29, 1.82) is 0 Å². The summed E-state index contributed by atoms with van der Waals surface area (Å²) in [6.45, 7) is 2.15. The predicted octanol–water partition coefficient (Wildman–Crippen LogP) is 4.85. The van der Waals surface area contributed by atoms with Gasteiger partial charge in [-0.2, -0.15) is 0 Å². The van der Waals surface area contributed by atoms with Gasteiger partial charge >= 0.3 is 0 Å². The summed E-state index contributed by atoms with van der Waals surface area (Å²) in [5, 5.41) is 4.93.